The van der Waals surface area contributed by atoms with Crippen molar-refractivity contribution in [2.45, 2.75) is 26.7 Å². The molecule has 7 heteroatoms. The fraction of sp³-hybridized carbons (Fsp3) is 0.278. The van der Waals surface area contributed by atoms with Gasteiger partial charge < -0.3 is 10.3 Å². The van der Waals surface area contributed by atoms with Gasteiger partial charge >= 0.3 is 0 Å². The molecule has 2 N–H and O–H groups in total. The third-order valence-electron chi connectivity index (χ3n) is 4.16. The quantitative estimate of drug-likeness (QED) is 0.877. The zero-order valence-corrected chi connectivity index (χ0v) is 13.7. The first kappa shape index (κ1) is 17.0. The standard InChI is InChI=1S/C18H16F2N2O3/c1-18(2)7-13-9(14(23)8-18)6-10(16(24)21-13)17(25)22-15-11(19)4-3-5-12(15)20/h3-6H,7-8H2,1-2H3,(H,21,24)(H,22,25). The molecule has 25 heavy (non-hydrogen) atoms. The molecule has 130 valence electrons. The van der Waals surface area contributed by atoms with Crippen molar-refractivity contribution in [3.8, 4) is 0 Å². The largest absolute Gasteiger partial charge is 0.325 e. The number of carbonyl (C=O) groups is 2. The first-order valence-electron chi connectivity index (χ1n) is 7.73. The summed E-state index contributed by atoms with van der Waals surface area (Å²) >= 11 is 0. The van der Waals surface area contributed by atoms with E-state index in [1.165, 1.54) is 6.07 Å². The van der Waals surface area contributed by atoms with Crippen LogP contribution in [0.5, 0.6) is 0 Å². The molecule has 0 fully saturated rings. The van der Waals surface area contributed by atoms with E-state index in [0.29, 0.717) is 12.1 Å². The number of pyridine rings is 1. The summed E-state index contributed by atoms with van der Waals surface area (Å²) in [6, 6.07) is 4.33. The Labute approximate surface area is 142 Å². The van der Waals surface area contributed by atoms with Crippen molar-refractivity contribution < 1.29 is 18.4 Å². The summed E-state index contributed by atoms with van der Waals surface area (Å²) in [4.78, 5) is 39.3. The Bertz CT molecular complexity index is 928. The number of para-hydroxylation sites is 1. The molecule has 1 aliphatic carbocycles. The van der Waals surface area contributed by atoms with Crippen LogP contribution in [0.2, 0.25) is 0 Å². The third kappa shape index (κ3) is 3.22. The van der Waals surface area contributed by atoms with E-state index in [9.17, 15) is 23.2 Å². The van der Waals surface area contributed by atoms with E-state index in [-0.39, 0.29) is 28.7 Å². The Morgan fingerprint density at radius 2 is 1.80 bits per heavy atom. The van der Waals surface area contributed by atoms with E-state index in [1.54, 1.807) is 0 Å². The highest BCUT2D eigenvalue weighted by Crippen LogP contribution is 2.33. The second-order valence-corrected chi connectivity index (χ2v) is 6.90. The number of H-pyrrole nitrogens is 1. The topological polar surface area (TPSA) is 79.0 Å². The van der Waals surface area contributed by atoms with E-state index < -0.39 is 28.8 Å². The van der Waals surface area contributed by atoms with Crippen molar-refractivity contribution in [1.82, 2.24) is 4.98 Å². The summed E-state index contributed by atoms with van der Waals surface area (Å²) in [7, 11) is 0. The zero-order chi connectivity index (χ0) is 18.4. The monoisotopic (exact) mass is 346 g/mol. The smallest absolute Gasteiger partial charge is 0.261 e. The minimum Gasteiger partial charge on any atom is -0.325 e. The Balaban J connectivity index is 1.99. The molecule has 3 rings (SSSR count). The van der Waals surface area contributed by atoms with Gasteiger partial charge in [-0.1, -0.05) is 19.9 Å². The molecular formula is C18H16F2N2O3. The summed E-state index contributed by atoms with van der Waals surface area (Å²) in [5.41, 5.74) is -1.27. The van der Waals surface area contributed by atoms with E-state index in [0.717, 1.165) is 18.2 Å². The molecular weight excluding hydrogens is 330 g/mol. The van der Waals surface area contributed by atoms with Crippen LogP contribution in [0.3, 0.4) is 0 Å². The van der Waals surface area contributed by atoms with Crippen LogP contribution in [0.25, 0.3) is 0 Å². The maximum absolute atomic E-state index is 13.7. The molecule has 0 saturated carbocycles. The molecule has 1 aliphatic rings. The number of aromatic amines is 1. The van der Waals surface area contributed by atoms with Gasteiger partial charge in [-0.05, 0) is 30.0 Å². The molecule has 1 aromatic heterocycles. The number of hydrogen-bond donors (Lipinski definition) is 2. The first-order valence-corrected chi connectivity index (χ1v) is 7.73. The van der Waals surface area contributed by atoms with Gasteiger partial charge in [0.05, 0.1) is 0 Å². The minimum absolute atomic E-state index is 0.186. The van der Waals surface area contributed by atoms with Crippen LogP contribution in [0.4, 0.5) is 14.5 Å². The average Bonchev–Trinajstić information content (AvgIpc) is 2.49. The van der Waals surface area contributed by atoms with Crippen LogP contribution in [0.1, 0.15) is 46.7 Å². The predicted molar refractivity (Wildman–Crippen MR) is 87.8 cm³/mol. The zero-order valence-electron chi connectivity index (χ0n) is 13.7. The van der Waals surface area contributed by atoms with E-state index >= 15 is 0 Å². The molecule has 0 bridgehead atoms. The number of anilines is 1. The molecule has 1 heterocycles. The molecule has 0 radical (unpaired) electrons. The van der Waals surface area contributed by atoms with Gasteiger partial charge in [0.2, 0.25) is 0 Å². The lowest BCUT2D eigenvalue weighted by molar-refractivity contribution is 0.0910. The average molecular weight is 346 g/mol. The van der Waals surface area contributed by atoms with E-state index in [1.807, 2.05) is 13.8 Å². The molecule has 0 aliphatic heterocycles. The number of ketones is 1. The highest BCUT2D eigenvalue weighted by Gasteiger charge is 2.32. The number of benzene rings is 1. The van der Waals surface area contributed by atoms with Gasteiger partial charge in [-0.2, -0.15) is 0 Å². The predicted octanol–water partition coefficient (Wildman–Crippen LogP) is 3.06. The van der Waals surface area contributed by atoms with Gasteiger partial charge in [0.15, 0.2) is 5.78 Å². The molecule has 2 aromatic rings. The number of hydrogen-bond acceptors (Lipinski definition) is 3. The number of carbonyl (C=O) groups excluding carboxylic acids is 2. The van der Waals surface area contributed by atoms with Gasteiger partial charge in [0, 0.05) is 17.7 Å². The third-order valence-corrected chi connectivity index (χ3v) is 4.16. The number of aromatic nitrogens is 1. The molecule has 5 nitrogen and oxygen atoms in total. The van der Waals surface area contributed by atoms with Crippen molar-refractivity contribution in [3.63, 3.8) is 0 Å². The maximum Gasteiger partial charge on any atom is 0.261 e. The van der Waals surface area contributed by atoms with Crippen molar-refractivity contribution >= 4 is 17.4 Å². The van der Waals surface area contributed by atoms with E-state index in [2.05, 4.69) is 10.3 Å². The molecule has 1 aromatic carbocycles. The summed E-state index contributed by atoms with van der Waals surface area (Å²) in [6.07, 6.45) is 0.780. The highest BCUT2D eigenvalue weighted by molar-refractivity contribution is 6.06. The summed E-state index contributed by atoms with van der Waals surface area (Å²) in [6.45, 7) is 3.82. The Hall–Kier alpha value is -2.83. The van der Waals surface area contributed by atoms with Gasteiger partial charge in [0.1, 0.15) is 22.9 Å². The normalized spacial score (nSPS) is 15.6. The molecule has 0 unspecified atom stereocenters. The van der Waals surface area contributed by atoms with Crippen LogP contribution in [0.15, 0.2) is 29.1 Å². The molecule has 1 amide bonds. The van der Waals surface area contributed by atoms with Crippen LogP contribution in [-0.4, -0.2) is 16.7 Å². The first-order chi connectivity index (χ1) is 11.7. The number of fused-ring (bicyclic) bond motifs is 1. The lowest BCUT2D eigenvalue weighted by Crippen LogP contribution is -2.33. The second-order valence-electron chi connectivity index (χ2n) is 6.90. The number of amides is 1. The van der Waals surface area contributed by atoms with Crippen molar-refractivity contribution in [2.24, 2.45) is 5.41 Å². The lowest BCUT2D eigenvalue weighted by Gasteiger charge is -2.29. The summed E-state index contributed by atoms with van der Waals surface area (Å²) in [5, 5.41) is 2.05. The Kier molecular flexibility index (Phi) is 4.02. The molecule has 0 saturated heterocycles. The number of nitrogens with one attached hydrogen (secondary N) is 2. The van der Waals surface area contributed by atoms with Crippen molar-refractivity contribution in [3.05, 3.63) is 63.1 Å². The van der Waals surface area contributed by atoms with Gasteiger partial charge in [-0.15, -0.1) is 0 Å². The van der Waals surface area contributed by atoms with Crippen LogP contribution >= 0.6 is 0 Å². The van der Waals surface area contributed by atoms with Gasteiger partial charge in [0.25, 0.3) is 11.5 Å². The highest BCUT2D eigenvalue weighted by atomic mass is 19.1. The van der Waals surface area contributed by atoms with Gasteiger partial charge in [-0.3, -0.25) is 14.4 Å². The Morgan fingerprint density at radius 1 is 1.16 bits per heavy atom. The van der Waals surface area contributed by atoms with Crippen LogP contribution in [0, 0.1) is 17.0 Å². The Morgan fingerprint density at radius 3 is 2.44 bits per heavy atom. The minimum atomic E-state index is -0.981. The van der Waals surface area contributed by atoms with Crippen LogP contribution < -0.4 is 10.9 Å². The molecule has 0 spiro atoms. The molecule has 0 atom stereocenters. The summed E-state index contributed by atoms with van der Waals surface area (Å²) in [5.74, 6) is -3.08. The fourth-order valence-electron chi connectivity index (χ4n) is 2.99. The fourth-order valence-corrected chi connectivity index (χ4v) is 2.99. The van der Waals surface area contributed by atoms with Crippen molar-refractivity contribution in [1.29, 1.82) is 0 Å². The summed E-state index contributed by atoms with van der Waals surface area (Å²) < 4.78 is 27.3. The number of Topliss-reactive ketones (excluding diaryl/α,β-unsaturated/α-hetero) is 1. The second kappa shape index (κ2) is 5.91. The van der Waals surface area contributed by atoms with Crippen LogP contribution in [-0.2, 0) is 6.42 Å². The lowest BCUT2D eigenvalue weighted by atomic mass is 9.75. The number of halogens is 2. The van der Waals surface area contributed by atoms with Crippen molar-refractivity contribution in [2.75, 3.05) is 5.32 Å². The van der Waals surface area contributed by atoms with E-state index in [4.69, 9.17) is 0 Å². The SMILES string of the molecule is CC1(C)CC(=O)c2cc(C(=O)Nc3c(F)cccc3F)c(=O)[nH]c2C1. The maximum atomic E-state index is 13.7. The number of rotatable bonds is 2. The van der Waals surface area contributed by atoms with Gasteiger partial charge in [-0.25, -0.2) is 8.78 Å².